The van der Waals surface area contributed by atoms with E-state index < -0.39 is 0 Å². The van der Waals surface area contributed by atoms with E-state index in [0.29, 0.717) is 17.2 Å². The van der Waals surface area contributed by atoms with Crippen molar-refractivity contribution in [1.82, 2.24) is 0 Å². The zero-order valence-corrected chi connectivity index (χ0v) is 10.6. The first-order valence-electron chi connectivity index (χ1n) is 6.73. The Hall–Kier alpha value is -1.56. The molecule has 0 aromatic heterocycles. The van der Waals surface area contributed by atoms with E-state index in [1.165, 1.54) is 44.6 Å². The standard InChI is InChI=1S/C15H19FN2/c16-14-9-13(10-17)7-8-15(14)18-11-12-5-3-1-2-4-6-12/h7-9,12,18H,1-6,11H2. The Kier molecular flexibility index (Phi) is 4.58. The molecule has 1 fully saturated rings. The number of rotatable bonds is 3. The first-order valence-corrected chi connectivity index (χ1v) is 6.73. The van der Waals surface area contributed by atoms with Crippen LogP contribution in [0.5, 0.6) is 0 Å². The summed E-state index contributed by atoms with van der Waals surface area (Å²) in [6.07, 6.45) is 7.74. The van der Waals surface area contributed by atoms with Gasteiger partial charge in [-0.05, 0) is 37.0 Å². The Morgan fingerprint density at radius 3 is 2.56 bits per heavy atom. The first kappa shape index (κ1) is 12.9. The summed E-state index contributed by atoms with van der Waals surface area (Å²) < 4.78 is 13.7. The highest BCUT2D eigenvalue weighted by atomic mass is 19.1. The molecule has 96 valence electrons. The number of nitrogens with zero attached hydrogens (tertiary/aromatic N) is 1. The molecule has 0 bridgehead atoms. The number of benzene rings is 1. The normalized spacial score (nSPS) is 16.9. The van der Waals surface area contributed by atoms with E-state index in [1.807, 2.05) is 6.07 Å². The number of nitrogens with one attached hydrogen (secondary N) is 1. The van der Waals surface area contributed by atoms with E-state index in [2.05, 4.69) is 5.32 Å². The molecular weight excluding hydrogens is 227 g/mol. The molecule has 0 heterocycles. The molecule has 0 aliphatic heterocycles. The van der Waals surface area contributed by atoms with Crippen molar-refractivity contribution in [3.8, 4) is 6.07 Å². The van der Waals surface area contributed by atoms with Crippen LogP contribution in [0.25, 0.3) is 0 Å². The fourth-order valence-corrected chi connectivity index (χ4v) is 2.55. The Labute approximate surface area is 108 Å². The second kappa shape index (κ2) is 6.39. The summed E-state index contributed by atoms with van der Waals surface area (Å²) in [5.74, 6) is 0.324. The molecule has 1 aliphatic carbocycles. The number of hydrogen-bond acceptors (Lipinski definition) is 2. The molecule has 1 saturated carbocycles. The first-order chi connectivity index (χ1) is 8.79. The predicted molar refractivity (Wildman–Crippen MR) is 70.8 cm³/mol. The van der Waals surface area contributed by atoms with E-state index in [0.717, 1.165) is 6.54 Å². The minimum absolute atomic E-state index is 0.331. The van der Waals surface area contributed by atoms with Crippen LogP contribution < -0.4 is 5.32 Å². The maximum absolute atomic E-state index is 13.7. The van der Waals surface area contributed by atoms with Crippen LogP contribution in [0.15, 0.2) is 18.2 Å². The van der Waals surface area contributed by atoms with Crippen LogP contribution in [0.3, 0.4) is 0 Å². The highest BCUT2D eigenvalue weighted by molar-refractivity contribution is 5.48. The van der Waals surface area contributed by atoms with E-state index in [1.54, 1.807) is 12.1 Å². The third-order valence-electron chi connectivity index (χ3n) is 3.65. The minimum Gasteiger partial charge on any atom is -0.382 e. The molecule has 1 aromatic rings. The fourth-order valence-electron chi connectivity index (χ4n) is 2.55. The van der Waals surface area contributed by atoms with E-state index in [4.69, 9.17) is 5.26 Å². The maximum atomic E-state index is 13.7. The van der Waals surface area contributed by atoms with Gasteiger partial charge in [-0.25, -0.2) is 4.39 Å². The topological polar surface area (TPSA) is 35.8 Å². The van der Waals surface area contributed by atoms with Crippen molar-refractivity contribution in [1.29, 1.82) is 5.26 Å². The zero-order valence-electron chi connectivity index (χ0n) is 10.6. The third kappa shape index (κ3) is 3.46. The van der Waals surface area contributed by atoms with Gasteiger partial charge in [-0.2, -0.15) is 5.26 Å². The molecule has 3 heteroatoms. The zero-order chi connectivity index (χ0) is 12.8. The van der Waals surface area contributed by atoms with E-state index in [9.17, 15) is 4.39 Å². The smallest absolute Gasteiger partial charge is 0.147 e. The molecule has 1 N–H and O–H groups in total. The highest BCUT2D eigenvalue weighted by Crippen LogP contribution is 2.24. The molecule has 0 radical (unpaired) electrons. The lowest BCUT2D eigenvalue weighted by atomic mass is 10.0. The van der Waals surface area contributed by atoms with Gasteiger partial charge in [0.25, 0.3) is 0 Å². The average Bonchev–Trinajstić information content (AvgIpc) is 2.66. The molecule has 0 spiro atoms. The van der Waals surface area contributed by atoms with Gasteiger partial charge < -0.3 is 5.32 Å². The summed E-state index contributed by atoms with van der Waals surface area (Å²) in [6.45, 7) is 0.836. The molecule has 2 rings (SSSR count). The van der Waals surface area contributed by atoms with Crippen molar-refractivity contribution in [3.05, 3.63) is 29.6 Å². The molecule has 0 amide bonds. The molecule has 0 saturated heterocycles. The highest BCUT2D eigenvalue weighted by Gasteiger charge is 2.12. The van der Waals surface area contributed by atoms with Crippen LogP contribution in [-0.4, -0.2) is 6.54 Å². The van der Waals surface area contributed by atoms with Crippen molar-refractivity contribution in [2.24, 2.45) is 5.92 Å². The number of hydrogen-bond donors (Lipinski definition) is 1. The summed E-state index contributed by atoms with van der Waals surface area (Å²) in [6, 6.07) is 6.54. The van der Waals surface area contributed by atoms with Gasteiger partial charge in [-0.3, -0.25) is 0 Å². The predicted octanol–water partition coefficient (Wildman–Crippen LogP) is 4.08. The molecule has 0 atom stereocenters. The van der Waals surface area contributed by atoms with Crippen molar-refractivity contribution in [3.63, 3.8) is 0 Å². The molecular formula is C15H19FN2. The molecule has 1 aromatic carbocycles. The molecule has 1 aliphatic rings. The Balaban J connectivity index is 1.91. The fraction of sp³-hybridized carbons (Fsp3) is 0.533. The van der Waals surface area contributed by atoms with Crippen LogP contribution in [-0.2, 0) is 0 Å². The number of anilines is 1. The lowest BCUT2D eigenvalue weighted by molar-refractivity contribution is 0.482. The van der Waals surface area contributed by atoms with E-state index in [-0.39, 0.29) is 5.82 Å². The van der Waals surface area contributed by atoms with Crippen molar-refractivity contribution < 1.29 is 4.39 Å². The van der Waals surface area contributed by atoms with Crippen molar-refractivity contribution >= 4 is 5.69 Å². The Morgan fingerprint density at radius 1 is 1.22 bits per heavy atom. The number of nitriles is 1. The SMILES string of the molecule is N#Cc1ccc(NCC2CCCCCC2)c(F)c1. The number of halogens is 1. The summed E-state index contributed by atoms with van der Waals surface area (Å²) in [5, 5.41) is 11.9. The van der Waals surface area contributed by atoms with Crippen LogP contribution >= 0.6 is 0 Å². The Morgan fingerprint density at radius 2 is 1.94 bits per heavy atom. The molecule has 2 nitrogen and oxygen atoms in total. The largest absolute Gasteiger partial charge is 0.382 e. The van der Waals surface area contributed by atoms with Crippen LogP contribution in [0, 0.1) is 23.1 Å². The van der Waals surface area contributed by atoms with Gasteiger partial charge in [0.2, 0.25) is 0 Å². The second-order valence-corrected chi connectivity index (χ2v) is 5.04. The van der Waals surface area contributed by atoms with Gasteiger partial charge in [-0.15, -0.1) is 0 Å². The van der Waals surface area contributed by atoms with Gasteiger partial charge in [0.1, 0.15) is 5.82 Å². The summed E-state index contributed by atoms with van der Waals surface area (Å²) >= 11 is 0. The quantitative estimate of drug-likeness (QED) is 0.816. The Bertz CT molecular complexity index is 429. The van der Waals surface area contributed by atoms with Gasteiger partial charge in [-0.1, -0.05) is 25.7 Å². The summed E-state index contributed by atoms with van der Waals surface area (Å²) in [7, 11) is 0. The second-order valence-electron chi connectivity index (χ2n) is 5.04. The van der Waals surface area contributed by atoms with Crippen LogP contribution in [0.2, 0.25) is 0 Å². The summed E-state index contributed by atoms with van der Waals surface area (Å²) in [4.78, 5) is 0. The molecule has 18 heavy (non-hydrogen) atoms. The summed E-state index contributed by atoms with van der Waals surface area (Å²) in [5.41, 5.74) is 0.880. The van der Waals surface area contributed by atoms with E-state index >= 15 is 0 Å². The molecule has 0 unspecified atom stereocenters. The van der Waals surface area contributed by atoms with Crippen LogP contribution in [0.4, 0.5) is 10.1 Å². The van der Waals surface area contributed by atoms with Gasteiger partial charge in [0.15, 0.2) is 0 Å². The maximum Gasteiger partial charge on any atom is 0.147 e. The van der Waals surface area contributed by atoms with Crippen LogP contribution in [0.1, 0.15) is 44.1 Å². The van der Waals surface area contributed by atoms with Gasteiger partial charge in [0, 0.05) is 6.54 Å². The third-order valence-corrected chi connectivity index (χ3v) is 3.65. The average molecular weight is 246 g/mol. The lowest BCUT2D eigenvalue weighted by Crippen LogP contribution is -2.14. The van der Waals surface area contributed by atoms with Gasteiger partial charge in [0.05, 0.1) is 17.3 Å². The minimum atomic E-state index is -0.331. The van der Waals surface area contributed by atoms with Gasteiger partial charge >= 0.3 is 0 Å². The monoisotopic (exact) mass is 246 g/mol. The van der Waals surface area contributed by atoms with Crippen molar-refractivity contribution in [2.45, 2.75) is 38.5 Å². The van der Waals surface area contributed by atoms with Crippen molar-refractivity contribution in [2.75, 3.05) is 11.9 Å². The lowest BCUT2D eigenvalue weighted by Gasteiger charge is -2.16.